The molecule has 0 aliphatic carbocycles. The number of benzene rings is 1. The van der Waals surface area contributed by atoms with Crippen molar-refractivity contribution in [3.63, 3.8) is 0 Å². The second-order valence-electron chi connectivity index (χ2n) is 7.57. The van der Waals surface area contributed by atoms with Crippen molar-refractivity contribution in [2.24, 2.45) is 0 Å². The number of halogens is 4. The molecule has 12 heteroatoms. The molecular formula is C19H23F4N3O4S. The summed E-state index contributed by atoms with van der Waals surface area (Å²) < 4.78 is 78.3. The average molecular weight is 465 g/mol. The summed E-state index contributed by atoms with van der Waals surface area (Å²) in [5.41, 5.74) is -0.0351. The zero-order valence-corrected chi connectivity index (χ0v) is 17.5. The number of amides is 2. The van der Waals surface area contributed by atoms with Crippen molar-refractivity contribution in [3.05, 3.63) is 29.6 Å². The maximum absolute atomic E-state index is 14.3. The highest BCUT2D eigenvalue weighted by molar-refractivity contribution is 7.89. The number of piperazine rings is 1. The largest absolute Gasteiger partial charge is 0.397 e. The van der Waals surface area contributed by atoms with Gasteiger partial charge in [0, 0.05) is 44.8 Å². The van der Waals surface area contributed by atoms with Crippen LogP contribution in [0.25, 0.3) is 0 Å². The van der Waals surface area contributed by atoms with Gasteiger partial charge in [-0.2, -0.15) is 17.5 Å². The Kier molecular flexibility index (Phi) is 6.89. The van der Waals surface area contributed by atoms with Crippen LogP contribution in [0.4, 0.5) is 17.6 Å². The quantitative estimate of drug-likeness (QED) is 0.639. The topological polar surface area (TPSA) is 78.0 Å². The van der Waals surface area contributed by atoms with E-state index in [4.69, 9.17) is 0 Å². The van der Waals surface area contributed by atoms with Gasteiger partial charge in [-0.25, -0.2) is 12.8 Å². The molecule has 3 rings (SSSR count). The molecule has 0 atom stereocenters. The number of carbonyl (C=O) groups is 2. The van der Waals surface area contributed by atoms with Gasteiger partial charge in [0.15, 0.2) is 0 Å². The maximum Gasteiger partial charge on any atom is 0.397 e. The van der Waals surface area contributed by atoms with Gasteiger partial charge in [0.2, 0.25) is 15.9 Å². The smallest absolute Gasteiger partial charge is 0.339 e. The van der Waals surface area contributed by atoms with Crippen molar-refractivity contribution >= 4 is 21.8 Å². The summed E-state index contributed by atoms with van der Waals surface area (Å²) in [5, 5.41) is 0. The monoisotopic (exact) mass is 465 g/mol. The predicted octanol–water partition coefficient (Wildman–Crippen LogP) is 2.24. The summed E-state index contributed by atoms with van der Waals surface area (Å²) in [6.45, 7) is 0.422. The van der Waals surface area contributed by atoms with E-state index in [2.05, 4.69) is 0 Å². The van der Waals surface area contributed by atoms with Gasteiger partial charge in [-0.05, 0) is 31.0 Å². The Hall–Kier alpha value is -2.21. The van der Waals surface area contributed by atoms with Crippen LogP contribution in [0, 0.1) is 5.82 Å². The third kappa shape index (κ3) is 5.53. The van der Waals surface area contributed by atoms with Gasteiger partial charge in [0.1, 0.15) is 17.1 Å². The number of rotatable bonds is 4. The van der Waals surface area contributed by atoms with E-state index in [9.17, 15) is 35.6 Å². The van der Waals surface area contributed by atoms with Gasteiger partial charge in [-0.3, -0.25) is 9.59 Å². The SMILES string of the molecule is O=C(CC(F)(F)F)N1CCN(C(=O)c2ccc(F)c(S(=O)(=O)N3CCCCC3)c2)CC1. The molecule has 0 bridgehead atoms. The molecule has 1 aromatic carbocycles. The molecule has 0 N–H and O–H groups in total. The van der Waals surface area contributed by atoms with Gasteiger partial charge in [0.25, 0.3) is 5.91 Å². The van der Waals surface area contributed by atoms with Gasteiger partial charge in [0.05, 0.1) is 0 Å². The highest BCUT2D eigenvalue weighted by Gasteiger charge is 2.35. The van der Waals surface area contributed by atoms with E-state index in [1.54, 1.807) is 0 Å². The molecule has 31 heavy (non-hydrogen) atoms. The van der Waals surface area contributed by atoms with E-state index in [-0.39, 0.29) is 44.8 Å². The molecule has 0 aromatic heterocycles. The van der Waals surface area contributed by atoms with Crippen LogP contribution in [0.15, 0.2) is 23.1 Å². The summed E-state index contributed by atoms with van der Waals surface area (Å²) in [6, 6.07) is 3.10. The molecular weight excluding hydrogens is 442 g/mol. The lowest BCUT2D eigenvalue weighted by molar-refractivity contribution is -0.162. The molecule has 0 unspecified atom stereocenters. The third-order valence-corrected chi connectivity index (χ3v) is 7.30. The average Bonchev–Trinajstić information content (AvgIpc) is 2.73. The standard InChI is InChI=1S/C19H23F4N3O4S/c20-15-5-4-14(12-16(15)31(29,30)26-6-2-1-3-7-26)18(28)25-10-8-24(9-11-25)17(27)13-19(21,22)23/h4-5,12H,1-3,6-11,13H2. The minimum atomic E-state index is -4.60. The summed E-state index contributed by atoms with van der Waals surface area (Å²) >= 11 is 0. The van der Waals surface area contributed by atoms with Crippen LogP contribution in [-0.4, -0.2) is 79.8 Å². The maximum atomic E-state index is 14.3. The molecule has 2 heterocycles. The van der Waals surface area contributed by atoms with Crippen LogP contribution in [0.1, 0.15) is 36.0 Å². The molecule has 1 aromatic rings. The second kappa shape index (κ2) is 9.11. The lowest BCUT2D eigenvalue weighted by Gasteiger charge is -2.35. The Bertz CT molecular complexity index is 938. The zero-order chi connectivity index (χ0) is 22.8. The number of hydrogen-bond donors (Lipinski definition) is 0. The molecule has 0 spiro atoms. The van der Waals surface area contributed by atoms with Crippen LogP contribution in [-0.2, 0) is 14.8 Å². The first-order valence-corrected chi connectivity index (χ1v) is 11.4. The first kappa shape index (κ1) is 23.5. The Labute approximate surface area is 177 Å². The van der Waals surface area contributed by atoms with Crippen molar-refractivity contribution in [2.45, 2.75) is 36.8 Å². The van der Waals surface area contributed by atoms with Gasteiger partial charge >= 0.3 is 6.18 Å². The fourth-order valence-corrected chi connectivity index (χ4v) is 5.31. The van der Waals surface area contributed by atoms with Crippen molar-refractivity contribution in [1.29, 1.82) is 0 Å². The number of piperidine rings is 1. The molecule has 7 nitrogen and oxygen atoms in total. The summed E-state index contributed by atoms with van der Waals surface area (Å²) in [5.74, 6) is -2.58. The lowest BCUT2D eigenvalue weighted by Crippen LogP contribution is -2.51. The van der Waals surface area contributed by atoms with E-state index < -0.39 is 45.1 Å². The minimum Gasteiger partial charge on any atom is -0.339 e. The highest BCUT2D eigenvalue weighted by atomic mass is 32.2. The normalized spacial score (nSPS) is 18.8. The van der Waals surface area contributed by atoms with Crippen molar-refractivity contribution in [3.8, 4) is 0 Å². The van der Waals surface area contributed by atoms with E-state index in [1.165, 1.54) is 15.3 Å². The van der Waals surface area contributed by atoms with E-state index in [0.717, 1.165) is 23.5 Å². The highest BCUT2D eigenvalue weighted by Crippen LogP contribution is 2.25. The predicted molar refractivity (Wildman–Crippen MR) is 102 cm³/mol. The van der Waals surface area contributed by atoms with Crippen LogP contribution < -0.4 is 0 Å². The number of alkyl halides is 3. The summed E-state index contributed by atoms with van der Waals surface area (Å²) in [4.78, 5) is 26.2. The Balaban J connectivity index is 1.70. The fraction of sp³-hybridized carbons (Fsp3) is 0.579. The van der Waals surface area contributed by atoms with Crippen LogP contribution in [0.3, 0.4) is 0 Å². The number of carbonyl (C=O) groups excluding carboxylic acids is 2. The minimum absolute atomic E-state index is 0.00594. The molecule has 2 saturated heterocycles. The number of hydrogen-bond acceptors (Lipinski definition) is 4. The Morgan fingerprint density at radius 1 is 0.903 bits per heavy atom. The van der Waals surface area contributed by atoms with E-state index in [0.29, 0.717) is 12.8 Å². The Morgan fingerprint density at radius 3 is 2.06 bits per heavy atom. The van der Waals surface area contributed by atoms with Crippen molar-refractivity contribution < 1.29 is 35.6 Å². The van der Waals surface area contributed by atoms with Crippen molar-refractivity contribution in [2.75, 3.05) is 39.3 Å². The zero-order valence-electron chi connectivity index (χ0n) is 16.7. The lowest BCUT2D eigenvalue weighted by atomic mass is 10.1. The molecule has 172 valence electrons. The molecule has 2 amide bonds. The first-order chi connectivity index (χ1) is 14.5. The van der Waals surface area contributed by atoms with Crippen LogP contribution in [0.2, 0.25) is 0 Å². The van der Waals surface area contributed by atoms with E-state index >= 15 is 0 Å². The Morgan fingerprint density at radius 2 is 1.48 bits per heavy atom. The van der Waals surface area contributed by atoms with Crippen molar-refractivity contribution in [1.82, 2.24) is 14.1 Å². The first-order valence-electron chi connectivity index (χ1n) is 9.92. The molecule has 2 aliphatic heterocycles. The van der Waals surface area contributed by atoms with Crippen LogP contribution in [0.5, 0.6) is 0 Å². The number of nitrogens with zero attached hydrogens (tertiary/aromatic N) is 3. The molecule has 0 saturated carbocycles. The third-order valence-electron chi connectivity index (χ3n) is 5.38. The van der Waals surface area contributed by atoms with Gasteiger partial charge in [-0.15, -0.1) is 0 Å². The molecule has 0 radical (unpaired) electrons. The van der Waals surface area contributed by atoms with Gasteiger partial charge < -0.3 is 9.80 Å². The van der Waals surface area contributed by atoms with Crippen LogP contribution >= 0.6 is 0 Å². The van der Waals surface area contributed by atoms with Gasteiger partial charge in [-0.1, -0.05) is 6.42 Å². The molecule has 2 aliphatic rings. The summed E-state index contributed by atoms with van der Waals surface area (Å²) in [7, 11) is -4.09. The molecule has 2 fully saturated rings. The summed E-state index contributed by atoms with van der Waals surface area (Å²) in [6.07, 6.45) is -3.91. The second-order valence-corrected chi connectivity index (χ2v) is 9.48. The van der Waals surface area contributed by atoms with E-state index in [1.807, 2.05) is 0 Å². The fourth-order valence-electron chi connectivity index (χ4n) is 3.70. The number of sulfonamides is 1.